The van der Waals surface area contributed by atoms with E-state index in [9.17, 15) is 14.7 Å². The van der Waals surface area contributed by atoms with Crippen molar-refractivity contribution in [3.63, 3.8) is 0 Å². The van der Waals surface area contributed by atoms with Crippen molar-refractivity contribution in [2.75, 3.05) is 13.1 Å². The van der Waals surface area contributed by atoms with Crippen LogP contribution in [0.5, 0.6) is 0 Å². The van der Waals surface area contributed by atoms with Gasteiger partial charge in [0.25, 0.3) is 0 Å². The van der Waals surface area contributed by atoms with E-state index in [0.29, 0.717) is 6.54 Å². The molecule has 0 radical (unpaired) electrons. The number of likely N-dealkylation sites (tertiary alicyclic amines) is 1. The summed E-state index contributed by atoms with van der Waals surface area (Å²) in [6.45, 7) is 5.84. The number of rotatable bonds is 2. The second-order valence-electron chi connectivity index (χ2n) is 6.32. The molecule has 0 bridgehead atoms. The average Bonchev–Trinajstić information content (AvgIpc) is 2.91. The minimum atomic E-state index is -0.910. The molecule has 21 heavy (non-hydrogen) atoms. The van der Waals surface area contributed by atoms with Gasteiger partial charge in [0, 0.05) is 37.9 Å². The summed E-state index contributed by atoms with van der Waals surface area (Å²) in [5.41, 5.74) is 0.217. The zero-order valence-electron chi connectivity index (χ0n) is 12.7. The number of nitrogens with zero attached hydrogens (tertiary/aromatic N) is 3. The Morgan fingerprint density at radius 3 is 2.52 bits per heavy atom. The van der Waals surface area contributed by atoms with E-state index in [1.165, 1.54) is 4.90 Å². The van der Waals surface area contributed by atoms with Crippen molar-refractivity contribution in [1.29, 1.82) is 0 Å². The highest BCUT2D eigenvalue weighted by molar-refractivity contribution is 5.75. The van der Waals surface area contributed by atoms with Gasteiger partial charge in [0.2, 0.25) is 0 Å². The molecule has 1 N–H and O–H groups in total. The fraction of sp³-hybridized carbons (Fsp3) is 0.643. The average molecular weight is 295 g/mol. The van der Waals surface area contributed by atoms with Crippen LogP contribution in [0.1, 0.15) is 32.4 Å². The van der Waals surface area contributed by atoms with E-state index in [0.717, 1.165) is 5.69 Å². The van der Waals surface area contributed by atoms with Crippen LogP contribution in [-0.2, 0) is 16.6 Å². The van der Waals surface area contributed by atoms with E-state index >= 15 is 0 Å². The Balaban J connectivity index is 2.18. The molecule has 116 valence electrons. The maximum atomic E-state index is 12.1. The van der Waals surface area contributed by atoms with Gasteiger partial charge in [0.1, 0.15) is 5.60 Å². The number of carboxylic acid groups (broad SMARTS) is 1. The molecule has 1 fully saturated rings. The summed E-state index contributed by atoms with van der Waals surface area (Å²) < 4.78 is 6.97. The smallest absolute Gasteiger partial charge is 0.410 e. The molecule has 2 rings (SSSR count). The minimum Gasteiger partial charge on any atom is -0.481 e. The highest BCUT2D eigenvalue weighted by atomic mass is 16.6. The lowest BCUT2D eigenvalue weighted by Crippen LogP contribution is -2.35. The highest BCUT2D eigenvalue weighted by Gasteiger charge is 2.42. The number of aryl methyl sites for hydroxylation is 1. The number of aromatic nitrogens is 2. The molecule has 7 heteroatoms. The number of carbonyl (C=O) groups excluding carboxylic acids is 1. The van der Waals surface area contributed by atoms with Crippen molar-refractivity contribution < 1.29 is 19.4 Å². The van der Waals surface area contributed by atoms with Crippen molar-refractivity contribution in [3.8, 4) is 0 Å². The molecular formula is C14H21N3O4. The Bertz CT molecular complexity index is 547. The van der Waals surface area contributed by atoms with Crippen LogP contribution < -0.4 is 0 Å². The van der Waals surface area contributed by atoms with Gasteiger partial charge in [-0.3, -0.25) is 9.48 Å². The van der Waals surface area contributed by atoms with E-state index in [4.69, 9.17) is 4.74 Å². The number of hydrogen-bond acceptors (Lipinski definition) is 4. The fourth-order valence-corrected chi connectivity index (χ4v) is 2.58. The van der Waals surface area contributed by atoms with Crippen LogP contribution in [0.2, 0.25) is 0 Å². The molecule has 1 amide bonds. The van der Waals surface area contributed by atoms with Crippen LogP contribution in [0, 0.1) is 5.92 Å². The van der Waals surface area contributed by atoms with Gasteiger partial charge in [-0.25, -0.2) is 4.79 Å². The van der Waals surface area contributed by atoms with E-state index < -0.39 is 23.6 Å². The van der Waals surface area contributed by atoms with Crippen LogP contribution >= 0.6 is 0 Å². The van der Waals surface area contributed by atoms with Crippen molar-refractivity contribution in [3.05, 3.63) is 18.0 Å². The van der Waals surface area contributed by atoms with Crippen molar-refractivity contribution in [1.82, 2.24) is 14.7 Å². The summed E-state index contributed by atoms with van der Waals surface area (Å²) in [5, 5.41) is 13.5. The van der Waals surface area contributed by atoms with Gasteiger partial charge >= 0.3 is 12.1 Å². The molecule has 0 saturated carbocycles. The van der Waals surface area contributed by atoms with Crippen LogP contribution in [0.25, 0.3) is 0 Å². The van der Waals surface area contributed by atoms with Gasteiger partial charge in [-0.15, -0.1) is 0 Å². The lowest BCUT2D eigenvalue weighted by Gasteiger charge is -2.24. The first kappa shape index (κ1) is 15.3. The molecular weight excluding hydrogens is 274 g/mol. The van der Waals surface area contributed by atoms with Crippen molar-refractivity contribution in [2.24, 2.45) is 13.0 Å². The lowest BCUT2D eigenvalue weighted by molar-refractivity contribution is -0.141. The molecule has 7 nitrogen and oxygen atoms in total. The first-order chi connectivity index (χ1) is 9.69. The molecule has 2 unspecified atom stereocenters. The number of carboxylic acids is 1. The Hall–Kier alpha value is -2.05. The molecule has 1 aromatic heterocycles. The first-order valence-electron chi connectivity index (χ1n) is 6.87. The quantitative estimate of drug-likeness (QED) is 0.892. The predicted octanol–water partition coefficient (Wildman–Crippen LogP) is 1.46. The van der Waals surface area contributed by atoms with Gasteiger partial charge in [-0.2, -0.15) is 5.10 Å². The molecule has 1 aliphatic heterocycles. The van der Waals surface area contributed by atoms with E-state index in [-0.39, 0.29) is 12.5 Å². The summed E-state index contributed by atoms with van der Waals surface area (Å²) in [4.78, 5) is 25.0. The monoisotopic (exact) mass is 295 g/mol. The maximum absolute atomic E-state index is 12.1. The lowest BCUT2D eigenvalue weighted by atomic mass is 9.93. The maximum Gasteiger partial charge on any atom is 0.410 e. The zero-order chi connectivity index (χ0) is 15.8. The molecule has 0 spiro atoms. The van der Waals surface area contributed by atoms with Crippen molar-refractivity contribution >= 4 is 12.1 Å². The standard InChI is InChI=1S/C14H21N3O4/c1-14(2,3)21-13(20)17-7-9(10(8-17)12(18)19)11-5-6-15-16(11)4/h5-6,9-10H,7-8H2,1-4H3,(H,18,19). The Labute approximate surface area is 123 Å². The molecule has 1 saturated heterocycles. The first-order valence-corrected chi connectivity index (χ1v) is 6.87. The number of hydrogen-bond donors (Lipinski definition) is 1. The summed E-state index contributed by atoms with van der Waals surface area (Å²) in [7, 11) is 1.77. The molecule has 0 aromatic carbocycles. The Kier molecular flexibility index (Phi) is 3.93. The summed E-state index contributed by atoms with van der Waals surface area (Å²) >= 11 is 0. The predicted molar refractivity (Wildman–Crippen MR) is 74.9 cm³/mol. The number of aliphatic carboxylic acids is 1. The van der Waals surface area contributed by atoms with Gasteiger partial charge in [-0.05, 0) is 26.8 Å². The van der Waals surface area contributed by atoms with Gasteiger partial charge in [0.15, 0.2) is 0 Å². The minimum absolute atomic E-state index is 0.153. The second kappa shape index (κ2) is 5.38. The van der Waals surface area contributed by atoms with Crippen LogP contribution in [0.4, 0.5) is 4.79 Å². The van der Waals surface area contributed by atoms with Crippen LogP contribution in [-0.4, -0.2) is 50.5 Å². The number of amides is 1. The number of ether oxygens (including phenoxy) is 1. The van der Waals surface area contributed by atoms with Gasteiger partial charge in [0.05, 0.1) is 5.92 Å². The highest BCUT2D eigenvalue weighted by Crippen LogP contribution is 2.33. The van der Waals surface area contributed by atoms with Crippen LogP contribution in [0.15, 0.2) is 12.3 Å². The van der Waals surface area contributed by atoms with Gasteiger partial charge < -0.3 is 14.7 Å². The topological polar surface area (TPSA) is 84.7 Å². The molecule has 2 atom stereocenters. The van der Waals surface area contributed by atoms with Crippen molar-refractivity contribution in [2.45, 2.75) is 32.3 Å². The van der Waals surface area contributed by atoms with E-state index in [2.05, 4.69) is 5.10 Å². The van der Waals surface area contributed by atoms with Crippen LogP contribution in [0.3, 0.4) is 0 Å². The molecule has 1 aliphatic rings. The Morgan fingerprint density at radius 2 is 2.05 bits per heavy atom. The van der Waals surface area contributed by atoms with Gasteiger partial charge in [-0.1, -0.05) is 0 Å². The fourth-order valence-electron chi connectivity index (χ4n) is 2.58. The SMILES string of the molecule is Cn1nccc1C1CN(C(=O)OC(C)(C)C)CC1C(=O)O. The van der Waals surface area contributed by atoms with E-state index in [1.54, 1.807) is 44.8 Å². The second-order valence-corrected chi connectivity index (χ2v) is 6.32. The molecule has 1 aromatic rings. The normalized spacial score (nSPS) is 22.4. The third-order valence-electron chi connectivity index (χ3n) is 3.53. The third kappa shape index (κ3) is 3.34. The summed E-state index contributed by atoms with van der Waals surface area (Å²) in [6.07, 6.45) is 1.16. The Morgan fingerprint density at radius 1 is 1.38 bits per heavy atom. The van der Waals surface area contributed by atoms with E-state index in [1.807, 2.05) is 0 Å². The molecule has 2 heterocycles. The summed E-state index contributed by atoms with van der Waals surface area (Å²) in [5.74, 6) is -1.83. The third-order valence-corrected chi connectivity index (χ3v) is 3.53. The largest absolute Gasteiger partial charge is 0.481 e. The zero-order valence-corrected chi connectivity index (χ0v) is 12.7. The molecule has 0 aliphatic carbocycles. The number of carbonyl (C=O) groups is 2. The summed E-state index contributed by atoms with van der Waals surface area (Å²) in [6, 6.07) is 1.79.